The summed E-state index contributed by atoms with van der Waals surface area (Å²) in [5.74, 6) is 1.63. The van der Waals surface area contributed by atoms with E-state index >= 15 is 0 Å². The van der Waals surface area contributed by atoms with Gasteiger partial charge in [0.1, 0.15) is 5.82 Å². The number of alkyl halides is 1. The summed E-state index contributed by atoms with van der Waals surface area (Å²) in [6.07, 6.45) is 0. The Morgan fingerprint density at radius 1 is 1.20 bits per heavy atom. The average Bonchev–Trinajstić information content (AvgIpc) is 2.45. The summed E-state index contributed by atoms with van der Waals surface area (Å²) in [5.41, 5.74) is 2.17. The lowest BCUT2D eigenvalue weighted by atomic mass is 10.2. The zero-order valence-electron chi connectivity index (χ0n) is 12.8. The van der Waals surface area contributed by atoms with E-state index in [0.29, 0.717) is 5.88 Å². The monoisotopic (exact) mass is 296 g/mol. The Kier molecular flexibility index (Phi) is 5.64. The van der Waals surface area contributed by atoms with Gasteiger partial charge in [-0.15, -0.1) is 11.6 Å². The summed E-state index contributed by atoms with van der Waals surface area (Å²) >= 11 is 5.89. The highest BCUT2D eigenvalue weighted by Crippen LogP contribution is 2.17. The van der Waals surface area contributed by atoms with Crippen molar-refractivity contribution in [2.24, 2.45) is 0 Å². The molecule has 20 heavy (non-hydrogen) atoms. The predicted molar refractivity (Wildman–Crippen MR) is 85.7 cm³/mol. The maximum absolute atomic E-state index is 5.89. The van der Waals surface area contributed by atoms with Gasteiger partial charge in [0.15, 0.2) is 0 Å². The van der Waals surface area contributed by atoms with Crippen LogP contribution in [0.5, 0.6) is 0 Å². The predicted octanol–water partition coefficient (Wildman–Crippen LogP) is 1.81. The van der Waals surface area contributed by atoms with Gasteiger partial charge in [0.25, 0.3) is 0 Å². The van der Waals surface area contributed by atoms with E-state index < -0.39 is 0 Å². The molecule has 0 aliphatic carbocycles. The van der Waals surface area contributed by atoms with Crippen molar-refractivity contribution in [1.82, 2.24) is 14.8 Å². The molecule has 4 nitrogen and oxygen atoms in total. The van der Waals surface area contributed by atoms with Crippen molar-refractivity contribution in [3.05, 3.63) is 23.4 Å². The fraction of sp³-hybridized carbons (Fsp3) is 0.667. The summed E-state index contributed by atoms with van der Waals surface area (Å²) in [4.78, 5) is 11.8. The van der Waals surface area contributed by atoms with Gasteiger partial charge in [-0.3, -0.25) is 4.90 Å². The molecule has 2 heterocycles. The molecule has 1 fully saturated rings. The molecule has 1 aromatic heterocycles. The third-order valence-electron chi connectivity index (χ3n) is 3.88. The molecular weight excluding hydrogens is 272 g/mol. The third kappa shape index (κ3) is 4.08. The number of aromatic nitrogens is 1. The number of pyridine rings is 1. The molecule has 2 rings (SSSR count). The first kappa shape index (κ1) is 15.5. The lowest BCUT2D eigenvalue weighted by molar-refractivity contribution is 0.229. The topological polar surface area (TPSA) is 22.6 Å². The number of hydrogen-bond donors (Lipinski definition) is 0. The Bertz CT molecular complexity index is 428. The number of aryl methyl sites for hydroxylation is 1. The number of likely N-dealkylation sites (N-methyl/N-ethyl adjacent to an activating group) is 1. The Morgan fingerprint density at radius 2 is 1.90 bits per heavy atom. The van der Waals surface area contributed by atoms with Crippen LogP contribution in [-0.2, 0) is 5.88 Å². The van der Waals surface area contributed by atoms with Crippen molar-refractivity contribution in [1.29, 1.82) is 0 Å². The number of nitrogens with zero attached hydrogens (tertiary/aromatic N) is 4. The Hall–Kier alpha value is -0.840. The van der Waals surface area contributed by atoms with Crippen LogP contribution in [0.2, 0.25) is 0 Å². The van der Waals surface area contributed by atoms with E-state index in [1.165, 1.54) is 0 Å². The van der Waals surface area contributed by atoms with Crippen LogP contribution < -0.4 is 4.90 Å². The van der Waals surface area contributed by atoms with Crippen molar-refractivity contribution >= 4 is 17.4 Å². The van der Waals surface area contributed by atoms with E-state index in [-0.39, 0.29) is 0 Å². The van der Waals surface area contributed by atoms with Crippen molar-refractivity contribution in [3.63, 3.8) is 0 Å². The maximum Gasteiger partial charge on any atom is 0.128 e. The largest absolute Gasteiger partial charge is 0.354 e. The van der Waals surface area contributed by atoms with E-state index in [1.54, 1.807) is 0 Å². The molecule has 0 saturated carbocycles. The molecule has 1 aromatic rings. The molecule has 0 radical (unpaired) electrons. The molecule has 0 bridgehead atoms. The van der Waals surface area contributed by atoms with Gasteiger partial charge < -0.3 is 9.80 Å². The number of anilines is 1. The second kappa shape index (κ2) is 7.25. The number of halogens is 1. The van der Waals surface area contributed by atoms with Gasteiger partial charge in [-0.25, -0.2) is 4.98 Å². The fourth-order valence-corrected chi connectivity index (χ4v) is 2.72. The van der Waals surface area contributed by atoms with Gasteiger partial charge in [0, 0.05) is 50.8 Å². The van der Waals surface area contributed by atoms with E-state index in [1.807, 2.05) is 6.92 Å². The number of rotatable bonds is 5. The van der Waals surface area contributed by atoms with Crippen molar-refractivity contribution in [2.75, 3.05) is 58.3 Å². The van der Waals surface area contributed by atoms with Crippen molar-refractivity contribution in [2.45, 2.75) is 12.8 Å². The summed E-state index contributed by atoms with van der Waals surface area (Å²) in [6.45, 7) is 8.66. The molecule has 1 saturated heterocycles. The summed E-state index contributed by atoms with van der Waals surface area (Å²) in [5, 5.41) is 0. The van der Waals surface area contributed by atoms with E-state index in [2.05, 4.69) is 45.9 Å². The molecule has 0 unspecified atom stereocenters. The SMILES string of the molecule is Cc1nc(N2CCN(CCN(C)C)CC2)ccc1CCl. The quantitative estimate of drug-likeness (QED) is 0.773. The average molecular weight is 297 g/mol. The van der Waals surface area contributed by atoms with Crippen LogP contribution in [0.3, 0.4) is 0 Å². The standard InChI is InChI=1S/C15H25ClN4/c1-13-14(12-16)4-5-15(17-13)20-10-8-19(9-11-20)7-6-18(2)3/h4-5H,6-12H2,1-3H3. The first-order chi connectivity index (χ1) is 9.60. The summed E-state index contributed by atoms with van der Waals surface area (Å²) in [6, 6.07) is 4.20. The minimum Gasteiger partial charge on any atom is -0.354 e. The normalized spacial score (nSPS) is 16.9. The highest BCUT2D eigenvalue weighted by atomic mass is 35.5. The van der Waals surface area contributed by atoms with Gasteiger partial charge in [-0.1, -0.05) is 6.07 Å². The summed E-state index contributed by atoms with van der Waals surface area (Å²) < 4.78 is 0. The van der Waals surface area contributed by atoms with Gasteiger partial charge in [-0.2, -0.15) is 0 Å². The highest BCUT2D eigenvalue weighted by Gasteiger charge is 2.18. The third-order valence-corrected chi connectivity index (χ3v) is 4.17. The van der Waals surface area contributed by atoms with Crippen LogP contribution in [0.15, 0.2) is 12.1 Å². The second-order valence-corrected chi connectivity index (χ2v) is 5.95. The van der Waals surface area contributed by atoms with Crippen LogP contribution in [0.1, 0.15) is 11.3 Å². The van der Waals surface area contributed by atoms with Crippen LogP contribution in [-0.4, -0.2) is 68.1 Å². The molecule has 112 valence electrons. The van der Waals surface area contributed by atoms with Gasteiger partial charge >= 0.3 is 0 Å². The Morgan fingerprint density at radius 3 is 2.45 bits per heavy atom. The van der Waals surface area contributed by atoms with Gasteiger partial charge in [0.05, 0.1) is 0 Å². The molecule has 5 heteroatoms. The Balaban J connectivity index is 1.88. The first-order valence-electron chi connectivity index (χ1n) is 7.24. The lowest BCUT2D eigenvalue weighted by Crippen LogP contribution is -2.48. The zero-order chi connectivity index (χ0) is 14.5. The van der Waals surface area contributed by atoms with Crippen LogP contribution >= 0.6 is 11.6 Å². The van der Waals surface area contributed by atoms with E-state index in [4.69, 9.17) is 11.6 Å². The molecule has 1 aliphatic rings. The molecule has 0 atom stereocenters. The van der Waals surface area contributed by atoms with Crippen LogP contribution in [0.4, 0.5) is 5.82 Å². The van der Waals surface area contributed by atoms with Crippen molar-refractivity contribution in [3.8, 4) is 0 Å². The maximum atomic E-state index is 5.89. The van der Waals surface area contributed by atoms with Crippen LogP contribution in [0, 0.1) is 6.92 Å². The molecule has 0 N–H and O–H groups in total. The number of hydrogen-bond acceptors (Lipinski definition) is 4. The van der Waals surface area contributed by atoms with Crippen molar-refractivity contribution < 1.29 is 0 Å². The molecule has 0 spiro atoms. The summed E-state index contributed by atoms with van der Waals surface area (Å²) in [7, 11) is 4.25. The number of piperazine rings is 1. The molecular formula is C15H25ClN4. The second-order valence-electron chi connectivity index (χ2n) is 5.68. The molecule has 0 amide bonds. The van der Waals surface area contributed by atoms with E-state index in [0.717, 1.165) is 56.3 Å². The lowest BCUT2D eigenvalue weighted by Gasteiger charge is -2.36. The first-order valence-corrected chi connectivity index (χ1v) is 7.78. The van der Waals surface area contributed by atoms with Crippen LogP contribution in [0.25, 0.3) is 0 Å². The Labute approximate surface area is 127 Å². The molecule has 0 aromatic carbocycles. The minimum absolute atomic E-state index is 0.539. The molecule has 1 aliphatic heterocycles. The van der Waals surface area contributed by atoms with E-state index in [9.17, 15) is 0 Å². The van der Waals surface area contributed by atoms with Gasteiger partial charge in [-0.05, 0) is 32.6 Å². The zero-order valence-corrected chi connectivity index (χ0v) is 13.5. The minimum atomic E-state index is 0.539. The smallest absolute Gasteiger partial charge is 0.128 e. The highest BCUT2D eigenvalue weighted by molar-refractivity contribution is 6.17. The fourth-order valence-electron chi connectivity index (χ4n) is 2.44. The van der Waals surface area contributed by atoms with Gasteiger partial charge in [0.2, 0.25) is 0 Å².